The Hall–Kier alpha value is -0.860. The molecule has 2 heterocycles. The lowest BCUT2D eigenvalue weighted by molar-refractivity contribution is -0.242. The van der Waals surface area contributed by atoms with Crippen molar-refractivity contribution in [3.05, 3.63) is 11.6 Å². The molecular weight excluding hydrogens is 376 g/mol. The van der Waals surface area contributed by atoms with Crippen LogP contribution >= 0.6 is 0 Å². The maximum atomic E-state index is 6.30. The molecule has 4 nitrogen and oxygen atoms in total. The van der Waals surface area contributed by atoms with Gasteiger partial charge in [0.2, 0.25) is 0 Å². The van der Waals surface area contributed by atoms with Gasteiger partial charge in [0.1, 0.15) is 0 Å². The zero-order valence-corrected chi connectivity index (χ0v) is 18.6. The lowest BCUT2D eigenvalue weighted by Gasteiger charge is -2.56. The molecule has 2 aliphatic heterocycles. The van der Waals surface area contributed by atoms with Crippen molar-refractivity contribution in [2.24, 2.45) is 35.0 Å². The third-order valence-corrected chi connectivity index (χ3v) is 9.85. The number of allylic oxidation sites excluding steroid dienone is 1. The van der Waals surface area contributed by atoms with Crippen LogP contribution in [-0.2, 0) is 18.9 Å². The highest BCUT2D eigenvalue weighted by Crippen LogP contribution is 2.67. The summed E-state index contributed by atoms with van der Waals surface area (Å²) in [5.74, 6) is 9.09. The molecule has 0 aromatic carbocycles. The average Bonchev–Trinajstić information content (AvgIpc) is 3.48. The van der Waals surface area contributed by atoms with Crippen molar-refractivity contribution in [2.75, 3.05) is 26.4 Å². The van der Waals surface area contributed by atoms with E-state index < -0.39 is 5.79 Å². The van der Waals surface area contributed by atoms with E-state index in [-0.39, 0.29) is 11.2 Å². The largest absolute Gasteiger partial charge is 0.347 e. The van der Waals surface area contributed by atoms with Gasteiger partial charge in [-0.1, -0.05) is 18.6 Å². The van der Waals surface area contributed by atoms with Crippen LogP contribution in [-0.4, -0.2) is 38.0 Å². The van der Waals surface area contributed by atoms with E-state index in [4.69, 9.17) is 18.9 Å². The van der Waals surface area contributed by atoms with Crippen LogP contribution in [0.25, 0.3) is 0 Å². The van der Waals surface area contributed by atoms with Gasteiger partial charge in [-0.15, -0.1) is 11.8 Å². The van der Waals surface area contributed by atoms with Gasteiger partial charge in [-0.2, -0.15) is 0 Å². The summed E-state index contributed by atoms with van der Waals surface area (Å²) in [5.41, 5.74) is 1.79. The molecule has 2 spiro atoms. The molecule has 0 amide bonds. The second-order valence-corrected chi connectivity index (χ2v) is 10.7. The Kier molecular flexibility index (Phi) is 4.67. The topological polar surface area (TPSA) is 36.9 Å². The first-order valence-corrected chi connectivity index (χ1v) is 12.3. The van der Waals surface area contributed by atoms with Crippen LogP contribution in [0.1, 0.15) is 65.2 Å². The van der Waals surface area contributed by atoms with E-state index in [1.54, 1.807) is 5.57 Å². The summed E-state index contributed by atoms with van der Waals surface area (Å²) in [6, 6.07) is 0. The third kappa shape index (κ3) is 2.62. The molecule has 6 aliphatic rings. The molecule has 0 aromatic heterocycles. The maximum Gasteiger partial charge on any atom is 0.175 e. The first-order valence-electron chi connectivity index (χ1n) is 12.3. The van der Waals surface area contributed by atoms with Gasteiger partial charge in [0.25, 0.3) is 0 Å². The average molecular weight is 413 g/mol. The molecule has 4 heteroatoms. The number of ether oxygens (including phenoxy) is 4. The molecule has 2 saturated heterocycles. The van der Waals surface area contributed by atoms with Gasteiger partial charge >= 0.3 is 0 Å². The van der Waals surface area contributed by atoms with Crippen LogP contribution in [0, 0.1) is 46.8 Å². The van der Waals surface area contributed by atoms with Crippen LogP contribution < -0.4 is 0 Å². The van der Waals surface area contributed by atoms with Gasteiger partial charge in [-0.05, 0) is 62.7 Å². The highest BCUT2D eigenvalue weighted by Gasteiger charge is 2.66. The fraction of sp³-hybridized carbons (Fsp3) is 0.846. The van der Waals surface area contributed by atoms with Gasteiger partial charge in [-0.25, -0.2) is 0 Å². The Bertz CT molecular complexity index is 779. The van der Waals surface area contributed by atoms with Crippen molar-refractivity contribution in [3.8, 4) is 11.8 Å². The summed E-state index contributed by atoms with van der Waals surface area (Å²) in [7, 11) is 0. The normalized spacial score (nSPS) is 45.4. The van der Waals surface area contributed by atoms with Crippen molar-refractivity contribution in [1.29, 1.82) is 0 Å². The Labute approximate surface area is 181 Å². The minimum atomic E-state index is -0.412. The highest BCUT2D eigenvalue weighted by atomic mass is 16.7. The number of fused-ring (bicyclic) bond motifs is 6. The molecule has 1 unspecified atom stereocenters. The van der Waals surface area contributed by atoms with Gasteiger partial charge in [0, 0.05) is 30.6 Å². The first-order chi connectivity index (χ1) is 14.6. The fourth-order valence-corrected chi connectivity index (χ4v) is 8.47. The van der Waals surface area contributed by atoms with Crippen molar-refractivity contribution < 1.29 is 18.9 Å². The van der Waals surface area contributed by atoms with E-state index in [0.717, 1.165) is 63.4 Å². The first kappa shape index (κ1) is 19.8. The quantitative estimate of drug-likeness (QED) is 0.463. The van der Waals surface area contributed by atoms with Crippen LogP contribution in [0.5, 0.6) is 0 Å². The predicted octanol–water partition coefficient (Wildman–Crippen LogP) is 4.68. The van der Waals surface area contributed by atoms with E-state index in [1.807, 2.05) is 6.92 Å². The monoisotopic (exact) mass is 412 g/mol. The highest BCUT2D eigenvalue weighted by molar-refractivity contribution is 5.24. The summed E-state index contributed by atoms with van der Waals surface area (Å²) in [6.07, 6.45) is 11.7. The summed E-state index contributed by atoms with van der Waals surface area (Å²) >= 11 is 0. The van der Waals surface area contributed by atoms with Gasteiger partial charge in [0.15, 0.2) is 11.6 Å². The fourth-order valence-electron chi connectivity index (χ4n) is 8.47. The summed E-state index contributed by atoms with van der Waals surface area (Å²) in [4.78, 5) is 0. The molecular formula is C26H36O4. The van der Waals surface area contributed by atoms with Crippen LogP contribution in [0.3, 0.4) is 0 Å². The molecule has 0 aromatic rings. The molecule has 30 heavy (non-hydrogen) atoms. The number of rotatable bonds is 1. The Morgan fingerprint density at radius 2 is 1.77 bits per heavy atom. The second kappa shape index (κ2) is 7.07. The molecule has 0 N–H and O–H groups in total. The van der Waals surface area contributed by atoms with Gasteiger partial charge in [0.05, 0.1) is 26.4 Å². The SMILES string of the molecule is CC#CCC1C[C@H]2C(=CC[C@@H]3[C@@H]2CC[C@@]2(C)[C@H]3CCC23OCCO3)CC12OCCO2. The van der Waals surface area contributed by atoms with E-state index >= 15 is 0 Å². The van der Waals surface area contributed by atoms with Crippen molar-refractivity contribution in [1.82, 2.24) is 0 Å². The number of hydrogen-bond donors (Lipinski definition) is 0. The second-order valence-electron chi connectivity index (χ2n) is 10.7. The van der Waals surface area contributed by atoms with Crippen molar-refractivity contribution >= 4 is 0 Å². The lowest BCUT2D eigenvalue weighted by Crippen LogP contribution is -2.54. The van der Waals surface area contributed by atoms with Gasteiger partial charge in [-0.3, -0.25) is 0 Å². The third-order valence-electron chi connectivity index (χ3n) is 9.85. The molecule has 4 aliphatic carbocycles. The standard InChI is InChI=1S/C26H36O4/c1-3-4-5-19-16-22-18(17-25(19)27-12-13-28-25)6-7-21-20(22)8-10-24(2)23(21)9-11-26(24)29-14-15-30-26/h6,19-23H,5,7-17H2,1-2H3/t19?,20-,21+,22-,23-,24-/m0/s1. The Morgan fingerprint density at radius 1 is 1.00 bits per heavy atom. The molecule has 0 radical (unpaired) electrons. The molecule has 0 bridgehead atoms. The summed E-state index contributed by atoms with van der Waals surface area (Å²) < 4.78 is 25.1. The van der Waals surface area contributed by atoms with Gasteiger partial charge < -0.3 is 18.9 Å². The molecule has 6 atom stereocenters. The Morgan fingerprint density at radius 3 is 2.53 bits per heavy atom. The Balaban J connectivity index is 1.29. The zero-order valence-electron chi connectivity index (χ0n) is 18.6. The minimum absolute atomic E-state index is 0.177. The van der Waals surface area contributed by atoms with Crippen LogP contribution in [0.15, 0.2) is 11.6 Å². The summed E-state index contributed by atoms with van der Waals surface area (Å²) in [5, 5.41) is 0. The zero-order chi connectivity index (χ0) is 20.4. The minimum Gasteiger partial charge on any atom is -0.347 e. The maximum absolute atomic E-state index is 6.30. The smallest absolute Gasteiger partial charge is 0.175 e. The van der Waals surface area contributed by atoms with E-state index in [9.17, 15) is 0 Å². The lowest BCUT2D eigenvalue weighted by atomic mass is 9.51. The molecule has 164 valence electrons. The van der Waals surface area contributed by atoms with E-state index in [1.165, 1.54) is 32.1 Å². The van der Waals surface area contributed by atoms with Crippen LogP contribution in [0.2, 0.25) is 0 Å². The predicted molar refractivity (Wildman–Crippen MR) is 113 cm³/mol. The molecule has 3 saturated carbocycles. The summed E-state index contributed by atoms with van der Waals surface area (Å²) in [6.45, 7) is 7.40. The molecule has 5 fully saturated rings. The number of hydrogen-bond acceptors (Lipinski definition) is 4. The van der Waals surface area contributed by atoms with Crippen molar-refractivity contribution in [3.63, 3.8) is 0 Å². The molecule has 6 rings (SSSR count). The van der Waals surface area contributed by atoms with Crippen molar-refractivity contribution in [2.45, 2.75) is 76.8 Å². The van der Waals surface area contributed by atoms with E-state index in [0.29, 0.717) is 11.8 Å². The van der Waals surface area contributed by atoms with Crippen LogP contribution in [0.4, 0.5) is 0 Å². The van der Waals surface area contributed by atoms with E-state index in [2.05, 4.69) is 24.8 Å².